The van der Waals surface area contributed by atoms with E-state index in [2.05, 4.69) is 10.6 Å². The molecule has 0 saturated heterocycles. The molecule has 0 aliphatic heterocycles. The molecule has 1 saturated carbocycles. The molecule has 0 bridgehead atoms. The van der Waals surface area contributed by atoms with Gasteiger partial charge in [-0.05, 0) is 49.6 Å². The highest BCUT2D eigenvalue weighted by Crippen LogP contribution is 2.30. The van der Waals surface area contributed by atoms with Crippen LogP contribution in [0.2, 0.25) is 5.02 Å². The second-order valence-corrected chi connectivity index (χ2v) is 6.52. The Morgan fingerprint density at radius 1 is 1.16 bits per heavy atom. The van der Waals surface area contributed by atoms with Crippen molar-refractivity contribution in [2.24, 2.45) is 5.92 Å². The van der Waals surface area contributed by atoms with Crippen LogP contribution in [0.15, 0.2) is 42.5 Å². The van der Waals surface area contributed by atoms with Crippen molar-refractivity contribution < 1.29 is 14.3 Å². The molecule has 1 aliphatic rings. The predicted molar refractivity (Wildman–Crippen MR) is 98.1 cm³/mol. The van der Waals surface area contributed by atoms with Crippen LogP contribution in [0.1, 0.15) is 18.4 Å². The average Bonchev–Trinajstić information content (AvgIpc) is 3.42. The molecule has 0 aromatic heterocycles. The molecule has 0 atom stereocenters. The lowest BCUT2D eigenvalue weighted by molar-refractivity contribution is -0.118. The van der Waals surface area contributed by atoms with Crippen molar-refractivity contribution in [2.45, 2.75) is 19.8 Å². The molecule has 5 nitrogen and oxygen atoms in total. The summed E-state index contributed by atoms with van der Waals surface area (Å²) in [5, 5.41) is 6.18. The minimum atomic E-state index is -0.280. The van der Waals surface area contributed by atoms with Gasteiger partial charge in [-0.2, -0.15) is 0 Å². The number of ether oxygens (including phenoxy) is 1. The number of rotatable bonds is 6. The van der Waals surface area contributed by atoms with Crippen molar-refractivity contribution >= 4 is 34.8 Å². The minimum Gasteiger partial charge on any atom is -0.484 e. The highest BCUT2D eigenvalue weighted by Gasteiger charge is 2.29. The molecule has 2 aromatic rings. The number of nitrogens with one attached hydrogen (secondary N) is 2. The first-order valence-electron chi connectivity index (χ1n) is 8.11. The molecular weight excluding hydrogens is 340 g/mol. The summed E-state index contributed by atoms with van der Waals surface area (Å²) in [6, 6.07) is 12.3. The molecule has 0 spiro atoms. The molecule has 0 unspecified atom stereocenters. The number of hydrogen-bond acceptors (Lipinski definition) is 3. The largest absolute Gasteiger partial charge is 0.484 e. The van der Waals surface area contributed by atoms with Gasteiger partial charge in [-0.3, -0.25) is 9.59 Å². The number of amides is 2. The van der Waals surface area contributed by atoms with Crippen molar-refractivity contribution in [1.29, 1.82) is 0 Å². The summed E-state index contributed by atoms with van der Waals surface area (Å²) >= 11 is 5.94. The van der Waals surface area contributed by atoms with E-state index in [1.54, 1.807) is 36.4 Å². The molecule has 0 heterocycles. The summed E-state index contributed by atoms with van der Waals surface area (Å²) in [5.74, 6) is 0.409. The van der Waals surface area contributed by atoms with Gasteiger partial charge in [-0.25, -0.2) is 0 Å². The summed E-state index contributed by atoms with van der Waals surface area (Å²) in [6.45, 7) is 1.75. The fourth-order valence-electron chi connectivity index (χ4n) is 2.32. The van der Waals surface area contributed by atoms with Gasteiger partial charge in [0.15, 0.2) is 6.61 Å². The number of aryl methyl sites for hydroxylation is 1. The zero-order valence-electron chi connectivity index (χ0n) is 13.8. The Hall–Kier alpha value is -2.53. The third-order valence-electron chi connectivity index (χ3n) is 3.89. The zero-order chi connectivity index (χ0) is 17.8. The van der Waals surface area contributed by atoms with Gasteiger partial charge in [0.05, 0.1) is 0 Å². The van der Waals surface area contributed by atoms with Crippen molar-refractivity contribution in [1.82, 2.24) is 0 Å². The lowest BCUT2D eigenvalue weighted by Crippen LogP contribution is -2.20. The van der Waals surface area contributed by atoms with Gasteiger partial charge in [0.25, 0.3) is 5.91 Å². The van der Waals surface area contributed by atoms with Crippen LogP contribution in [0.5, 0.6) is 5.75 Å². The number of carbonyl (C=O) groups is 2. The Kier molecular flexibility index (Phi) is 5.24. The van der Waals surface area contributed by atoms with Gasteiger partial charge in [0, 0.05) is 28.4 Å². The third kappa shape index (κ3) is 4.97. The van der Waals surface area contributed by atoms with Gasteiger partial charge < -0.3 is 15.4 Å². The van der Waals surface area contributed by atoms with E-state index in [4.69, 9.17) is 16.3 Å². The van der Waals surface area contributed by atoms with Gasteiger partial charge in [-0.1, -0.05) is 23.7 Å². The van der Waals surface area contributed by atoms with Crippen LogP contribution in [-0.4, -0.2) is 18.4 Å². The maximum atomic E-state index is 12.1. The summed E-state index contributed by atoms with van der Waals surface area (Å²) in [6.07, 6.45) is 1.90. The van der Waals surface area contributed by atoms with Crippen LogP contribution in [0.25, 0.3) is 0 Å². The van der Waals surface area contributed by atoms with Crippen LogP contribution in [-0.2, 0) is 9.59 Å². The summed E-state index contributed by atoms with van der Waals surface area (Å²) < 4.78 is 5.51. The van der Waals surface area contributed by atoms with Gasteiger partial charge in [-0.15, -0.1) is 0 Å². The first-order chi connectivity index (χ1) is 12.0. The van der Waals surface area contributed by atoms with E-state index in [1.807, 2.05) is 13.0 Å². The number of benzene rings is 2. The molecular formula is C19H19ClN2O3. The Morgan fingerprint density at radius 2 is 1.96 bits per heavy atom. The van der Waals surface area contributed by atoms with E-state index >= 15 is 0 Å². The number of hydrogen-bond donors (Lipinski definition) is 2. The molecule has 25 heavy (non-hydrogen) atoms. The van der Waals surface area contributed by atoms with Gasteiger partial charge in [0.1, 0.15) is 5.75 Å². The highest BCUT2D eigenvalue weighted by molar-refractivity contribution is 6.31. The second-order valence-electron chi connectivity index (χ2n) is 6.09. The normalized spacial score (nSPS) is 13.2. The molecule has 6 heteroatoms. The maximum Gasteiger partial charge on any atom is 0.262 e. The van der Waals surface area contributed by atoms with E-state index in [9.17, 15) is 9.59 Å². The van der Waals surface area contributed by atoms with Crippen molar-refractivity contribution in [3.8, 4) is 5.75 Å². The van der Waals surface area contributed by atoms with Crippen molar-refractivity contribution in [3.63, 3.8) is 0 Å². The lowest BCUT2D eigenvalue weighted by Gasteiger charge is -2.11. The standard InChI is InChI=1S/C19H19ClN2O3/c1-12-5-8-14(20)9-17(12)22-18(23)11-25-16-4-2-3-15(10-16)21-19(24)13-6-7-13/h2-5,8-10,13H,6-7,11H2,1H3,(H,21,24)(H,22,23). The fourth-order valence-corrected chi connectivity index (χ4v) is 2.49. The first-order valence-corrected chi connectivity index (χ1v) is 8.49. The molecule has 1 fully saturated rings. The summed E-state index contributed by atoms with van der Waals surface area (Å²) in [5.41, 5.74) is 2.24. The van der Waals surface area contributed by atoms with Crippen LogP contribution in [0.3, 0.4) is 0 Å². The van der Waals surface area contributed by atoms with Crippen LogP contribution in [0, 0.1) is 12.8 Å². The van der Waals surface area contributed by atoms with E-state index < -0.39 is 0 Å². The molecule has 130 valence electrons. The van der Waals surface area contributed by atoms with Crippen LogP contribution < -0.4 is 15.4 Å². The maximum absolute atomic E-state index is 12.1. The number of halogens is 1. The second kappa shape index (κ2) is 7.57. The first kappa shape index (κ1) is 17.3. The fraction of sp³-hybridized carbons (Fsp3) is 0.263. The van der Waals surface area contributed by atoms with Crippen molar-refractivity contribution in [2.75, 3.05) is 17.2 Å². The van der Waals surface area contributed by atoms with Crippen LogP contribution in [0.4, 0.5) is 11.4 Å². The average molecular weight is 359 g/mol. The molecule has 2 N–H and O–H groups in total. The van der Waals surface area contributed by atoms with Gasteiger partial charge in [0.2, 0.25) is 5.91 Å². The summed E-state index contributed by atoms with van der Waals surface area (Å²) in [4.78, 5) is 23.8. The predicted octanol–water partition coefficient (Wildman–Crippen LogP) is 4.01. The highest BCUT2D eigenvalue weighted by atomic mass is 35.5. The smallest absolute Gasteiger partial charge is 0.262 e. The topological polar surface area (TPSA) is 67.4 Å². The Balaban J connectivity index is 1.54. The quantitative estimate of drug-likeness (QED) is 0.819. The lowest BCUT2D eigenvalue weighted by atomic mass is 10.2. The Bertz CT molecular complexity index is 803. The molecule has 0 radical (unpaired) electrons. The molecule has 2 amide bonds. The summed E-state index contributed by atoms with van der Waals surface area (Å²) in [7, 11) is 0. The van der Waals surface area contributed by atoms with E-state index in [0.29, 0.717) is 22.1 Å². The van der Waals surface area contributed by atoms with Crippen LogP contribution >= 0.6 is 11.6 Å². The van der Waals surface area contributed by atoms with Crippen molar-refractivity contribution in [3.05, 3.63) is 53.1 Å². The van der Waals surface area contributed by atoms with E-state index in [-0.39, 0.29) is 24.3 Å². The zero-order valence-corrected chi connectivity index (χ0v) is 14.6. The monoisotopic (exact) mass is 358 g/mol. The Labute approximate surface area is 151 Å². The number of anilines is 2. The number of carbonyl (C=O) groups excluding carboxylic acids is 2. The van der Waals surface area contributed by atoms with E-state index in [1.165, 1.54) is 0 Å². The minimum absolute atomic E-state index is 0.0336. The molecule has 2 aromatic carbocycles. The Morgan fingerprint density at radius 3 is 2.72 bits per heavy atom. The van der Waals surface area contributed by atoms with Gasteiger partial charge >= 0.3 is 0 Å². The third-order valence-corrected chi connectivity index (χ3v) is 4.13. The van der Waals surface area contributed by atoms with E-state index in [0.717, 1.165) is 18.4 Å². The molecule has 1 aliphatic carbocycles. The molecule has 3 rings (SSSR count). The SMILES string of the molecule is Cc1ccc(Cl)cc1NC(=O)COc1cccc(NC(=O)C2CC2)c1.